The Morgan fingerprint density at radius 3 is 2.73 bits per heavy atom. The summed E-state index contributed by atoms with van der Waals surface area (Å²) in [6, 6.07) is 0. The molecule has 2 aliphatic rings. The molecule has 0 aromatic carbocycles. The predicted octanol–water partition coefficient (Wildman–Crippen LogP) is -0.570. The van der Waals surface area contributed by atoms with Crippen molar-refractivity contribution in [2.24, 2.45) is 0 Å². The average Bonchev–Trinajstić information content (AvgIpc) is 2.44. The van der Waals surface area contributed by atoms with Crippen molar-refractivity contribution in [2.45, 2.75) is 18.5 Å². The summed E-state index contributed by atoms with van der Waals surface area (Å²) in [7, 11) is 0. The van der Waals surface area contributed by atoms with Gasteiger partial charge in [-0.2, -0.15) is 0 Å². The molecule has 0 radical (unpaired) electrons. The smallest absolute Gasteiger partial charge is 0.192 e. The van der Waals surface area contributed by atoms with E-state index in [1.807, 2.05) is 0 Å². The molecule has 0 amide bonds. The van der Waals surface area contributed by atoms with E-state index in [1.165, 1.54) is 0 Å². The number of ether oxygens (including phenoxy) is 2. The lowest BCUT2D eigenvalue weighted by Gasteiger charge is -2.22. The Hall–Kier alpha value is -0.780. The lowest BCUT2D eigenvalue weighted by molar-refractivity contribution is -0.140. The first-order valence-corrected chi connectivity index (χ1v) is 3.27. The lowest BCUT2D eigenvalue weighted by Crippen LogP contribution is -2.35. The van der Waals surface area contributed by atoms with E-state index in [9.17, 15) is 0 Å². The molecule has 2 rings (SSSR count). The highest BCUT2D eigenvalue weighted by atomic mass is 16.7. The molecule has 0 saturated carbocycles. The summed E-state index contributed by atoms with van der Waals surface area (Å²) < 4.78 is 9.85. The van der Waals surface area contributed by atoms with Gasteiger partial charge in [-0.3, -0.25) is 0 Å². The van der Waals surface area contributed by atoms with Crippen LogP contribution in [0.5, 0.6) is 0 Å². The van der Waals surface area contributed by atoms with Gasteiger partial charge in [0.05, 0.1) is 6.61 Å². The molecule has 0 aromatic heterocycles. The largest absolute Gasteiger partial charge is 0.506 e. The van der Waals surface area contributed by atoms with E-state index in [0.717, 1.165) is 0 Å². The first-order valence-electron chi connectivity index (χ1n) is 3.27. The Kier molecular flexibility index (Phi) is 1.32. The topological polar surface area (TPSA) is 79.2 Å². The minimum Gasteiger partial charge on any atom is -0.506 e. The first-order chi connectivity index (χ1) is 5.20. The standard InChI is InChI=1S/C6H8O5/c7-3-2-1-10-6(11-2)5(9)4(3)8/h2,5-9H,1H2/t2-,5-,6?/m1/s1. The second-order valence-electron chi connectivity index (χ2n) is 2.54. The second kappa shape index (κ2) is 2.10. The SMILES string of the molecule is OC1=C(O)[C@H]2COC(O2)[C@@H]1O. The summed E-state index contributed by atoms with van der Waals surface area (Å²) in [5.41, 5.74) is 0. The zero-order chi connectivity index (χ0) is 8.01. The number of aliphatic hydroxyl groups is 3. The third-order valence-electron chi connectivity index (χ3n) is 1.82. The van der Waals surface area contributed by atoms with Gasteiger partial charge in [-0.25, -0.2) is 0 Å². The highest BCUT2D eigenvalue weighted by Gasteiger charge is 2.43. The van der Waals surface area contributed by atoms with Crippen molar-refractivity contribution < 1.29 is 24.8 Å². The van der Waals surface area contributed by atoms with E-state index in [1.54, 1.807) is 0 Å². The first kappa shape index (κ1) is 6.90. The van der Waals surface area contributed by atoms with Gasteiger partial charge in [0, 0.05) is 0 Å². The van der Waals surface area contributed by atoms with Crippen LogP contribution >= 0.6 is 0 Å². The zero-order valence-electron chi connectivity index (χ0n) is 5.60. The van der Waals surface area contributed by atoms with Crippen LogP contribution in [0, 0.1) is 0 Å². The van der Waals surface area contributed by atoms with Crippen molar-refractivity contribution in [3.63, 3.8) is 0 Å². The van der Waals surface area contributed by atoms with E-state index in [2.05, 4.69) is 0 Å². The van der Waals surface area contributed by atoms with E-state index in [0.29, 0.717) is 0 Å². The zero-order valence-corrected chi connectivity index (χ0v) is 5.60. The normalized spacial score (nSPS) is 43.2. The molecule has 5 heteroatoms. The van der Waals surface area contributed by atoms with Crippen molar-refractivity contribution >= 4 is 0 Å². The van der Waals surface area contributed by atoms with Crippen LogP contribution in [-0.2, 0) is 9.47 Å². The van der Waals surface area contributed by atoms with Crippen LogP contribution in [-0.4, -0.2) is 40.4 Å². The second-order valence-corrected chi connectivity index (χ2v) is 2.54. The molecule has 11 heavy (non-hydrogen) atoms. The van der Waals surface area contributed by atoms with Crippen molar-refractivity contribution in [3.05, 3.63) is 11.5 Å². The Bertz CT molecular complexity index is 207. The van der Waals surface area contributed by atoms with Gasteiger partial charge >= 0.3 is 0 Å². The molecule has 3 atom stereocenters. The van der Waals surface area contributed by atoms with Crippen molar-refractivity contribution in [1.29, 1.82) is 0 Å². The number of aliphatic hydroxyl groups excluding tert-OH is 3. The molecule has 2 aliphatic heterocycles. The van der Waals surface area contributed by atoms with Crippen LogP contribution in [0.2, 0.25) is 0 Å². The van der Waals surface area contributed by atoms with Gasteiger partial charge in [-0.15, -0.1) is 0 Å². The van der Waals surface area contributed by atoms with Gasteiger partial charge in [0.2, 0.25) is 0 Å². The van der Waals surface area contributed by atoms with E-state index < -0.39 is 24.3 Å². The highest BCUT2D eigenvalue weighted by Crippen LogP contribution is 2.29. The number of fused-ring (bicyclic) bond motifs is 2. The molecule has 1 fully saturated rings. The lowest BCUT2D eigenvalue weighted by atomic mass is 10.1. The van der Waals surface area contributed by atoms with Crippen molar-refractivity contribution in [3.8, 4) is 0 Å². The maximum atomic E-state index is 9.12. The Morgan fingerprint density at radius 1 is 1.27 bits per heavy atom. The number of hydrogen-bond acceptors (Lipinski definition) is 5. The van der Waals surface area contributed by atoms with Crippen molar-refractivity contribution in [2.75, 3.05) is 6.61 Å². The Morgan fingerprint density at radius 2 is 2.00 bits per heavy atom. The van der Waals surface area contributed by atoms with Gasteiger partial charge in [-0.1, -0.05) is 0 Å². The summed E-state index contributed by atoms with van der Waals surface area (Å²) in [6.07, 6.45) is -2.69. The fourth-order valence-corrected chi connectivity index (χ4v) is 1.18. The molecule has 5 nitrogen and oxygen atoms in total. The number of hydrogen-bond donors (Lipinski definition) is 3. The van der Waals surface area contributed by atoms with Gasteiger partial charge in [0.1, 0.15) is 6.10 Å². The maximum Gasteiger partial charge on any atom is 0.192 e. The van der Waals surface area contributed by atoms with Crippen LogP contribution in [0.25, 0.3) is 0 Å². The Balaban J connectivity index is 2.34. The molecule has 62 valence electrons. The van der Waals surface area contributed by atoms with Crippen LogP contribution < -0.4 is 0 Å². The van der Waals surface area contributed by atoms with Gasteiger partial charge in [0.25, 0.3) is 0 Å². The van der Waals surface area contributed by atoms with Gasteiger partial charge in [0.15, 0.2) is 23.9 Å². The van der Waals surface area contributed by atoms with Crippen LogP contribution in [0.3, 0.4) is 0 Å². The van der Waals surface area contributed by atoms with Gasteiger partial charge in [-0.05, 0) is 0 Å². The summed E-state index contributed by atoms with van der Waals surface area (Å²) >= 11 is 0. The summed E-state index contributed by atoms with van der Waals surface area (Å²) in [5.74, 6) is -0.769. The minimum atomic E-state index is -1.26. The molecular formula is C6H8O5. The maximum absolute atomic E-state index is 9.12. The molecule has 0 aromatic rings. The van der Waals surface area contributed by atoms with E-state index in [-0.39, 0.29) is 12.4 Å². The van der Waals surface area contributed by atoms with E-state index in [4.69, 9.17) is 24.8 Å². The third-order valence-corrected chi connectivity index (χ3v) is 1.82. The van der Waals surface area contributed by atoms with Gasteiger partial charge < -0.3 is 24.8 Å². The predicted molar refractivity (Wildman–Crippen MR) is 32.9 cm³/mol. The molecule has 1 unspecified atom stereocenters. The molecular weight excluding hydrogens is 152 g/mol. The fraction of sp³-hybridized carbons (Fsp3) is 0.667. The summed E-state index contributed by atoms with van der Waals surface area (Å²) in [4.78, 5) is 0. The number of rotatable bonds is 0. The molecule has 0 aliphatic carbocycles. The summed E-state index contributed by atoms with van der Waals surface area (Å²) in [5, 5.41) is 27.3. The Labute approximate surface area is 62.5 Å². The molecule has 2 heterocycles. The monoisotopic (exact) mass is 160 g/mol. The van der Waals surface area contributed by atoms with Crippen LogP contribution in [0.15, 0.2) is 11.5 Å². The average molecular weight is 160 g/mol. The third kappa shape index (κ3) is 0.819. The molecule has 2 bridgehead atoms. The van der Waals surface area contributed by atoms with E-state index >= 15 is 0 Å². The molecule has 1 saturated heterocycles. The highest BCUT2D eigenvalue weighted by molar-refractivity contribution is 5.15. The summed E-state index contributed by atoms with van der Waals surface area (Å²) in [6.45, 7) is 0.178. The molecule has 0 spiro atoms. The van der Waals surface area contributed by atoms with Crippen LogP contribution in [0.4, 0.5) is 0 Å². The van der Waals surface area contributed by atoms with Crippen LogP contribution in [0.1, 0.15) is 0 Å². The fourth-order valence-electron chi connectivity index (χ4n) is 1.18. The minimum absolute atomic E-state index is 0.178. The quantitative estimate of drug-likeness (QED) is 0.442. The van der Waals surface area contributed by atoms with Crippen molar-refractivity contribution in [1.82, 2.24) is 0 Å². The molecule has 3 N–H and O–H groups in total.